The zero-order valence-corrected chi connectivity index (χ0v) is 30.5. The molecule has 0 aliphatic carbocycles. The zero-order chi connectivity index (χ0) is 35.6. The monoisotopic (exact) mass is 723 g/mol. The van der Waals surface area contributed by atoms with E-state index in [1.54, 1.807) is 0 Å². The smallest absolute Gasteiger partial charge is 0.160 e. The first-order chi connectivity index (χ1) is 26.7. The van der Waals surface area contributed by atoms with E-state index in [-0.39, 0.29) is 0 Å². The molecule has 0 saturated heterocycles. The van der Waals surface area contributed by atoms with E-state index < -0.39 is 0 Å². The number of benzene rings is 7. The first-order valence-corrected chi connectivity index (χ1v) is 19.6. The second-order valence-electron chi connectivity index (χ2n) is 13.5. The van der Waals surface area contributed by atoms with Crippen LogP contribution in [0.5, 0.6) is 0 Å². The number of nitrogens with zero attached hydrogens (tertiary/aromatic N) is 3. The minimum atomic E-state index is 0.673. The topological polar surface area (TPSA) is 38.7 Å². The standard InChI is InChI=1S/C49H29N3S2/c1-3-12-31(13-4-1)40-29-41(32-24-22-30(23-25-32)35-18-11-19-37-36-16-7-9-20-43(36)53-47(35)37)52-49(51-40)34-26-27-38-42(28-34)50-46(33-14-5-2-6-15-33)45-39-17-8-10-21-44(39)54-48(38)45/h1-29H. The van der Waals surface area contributed by atoms with E-state index >= 15 is 0 Å². The van der Waals surface area contributed by atoms with E-state index in [2.05, 4.69) is 170 Å². The summed E-state index contributed by atoms with van der Waals surface area (Å²) in [4.78, 5) is 15.8. The summed E-state index contributed by atoms with van der Waals surface area (Å²) in [7, 11) is 0. The summed E-state index contributed by atoms with van der Waals surface area (Å²) < 4.78 is 5.14. The van der Waals surface area contributed by atoms with Gasteiger partial charge in [0.15, 0.2) is 5.82 Å². The van der Waals surface area contributed by atoms with Crippen LogP contribution in [-0.2, 0) is 0 Å². The van der Waals surface area contributed by atoms with Gasteiger partial charge in [-0.25, -0.2) is 15.0 Å². The van der Waals surface area contributed by atoms with Crippen LogP contribution in [0, 0.1) is 0 Å². The fraction of sp³-hybridized carbons (Fsp3) is 0. The first kappa shape index (κ1) is 31.0. The van der Waals surface area contributed by atoms with Gasteiger partial charge in [0.25, 0.3) is 0 Å². The van der Waals surface area contributed by atoms with E-state index in [4.69, 9.17) is 15.0 Å². The van der Waals surface area contributed by atoms with Crippen LogP contribution in [0.2, 0.25) is 0 Å². The van der Waals surface area contributed by atoms with E-state index in [1.807, 2.05) is 28.7 Å². The Morgan fingerprint density at radius 2 is 0.926 bits per heavy atom. The molecule has 11 rings (SSSR count). The average molecular weight is 724 g/mol. The maximum atomic E-state index is 5.37. The molecule has 7 aromatic carbocycles. The largest absolute Gasteiger partial charge is 0.247 e. The third-order valence-electron chi connectivity index (χ3n) is 10.3. The second kappa shape index (κ2) is 12.6. The molecular weight excluding hydrogens is 695 g/mol. The van der Waals surface area contributed by atoms with Gasteiger partial charge in [-0.2, -0.15) is 0 Å². The van der Waals surface area contributed by atoms with Crippen LogP contribution in [0.25, 0.3) is 108 Å². The lowest BCUT2D eigenvalue weighted by Crippen LogP contribution is -1.96. The summed E-state index contributed by atoms with van der Waals surface area (Å²) in [5.74, 6) is 0.673. The summed E-state index contributed by atoms with van der Waals surface area (Å²) >= 11 is 3.69. The van der Waals surface area contributed by atoms with Gasteiger partial charge in [0.2, 0.25) is 0 Å². The number of fused-ring (bicyclic) bond motifs is 8. The molecule has 0 atom stereocenters. The lowest BCUT2D eigenvalue weighted by Gasteiger charge is -2.12. The molecule has 0 fully saturated rings. The maximum Gasteiger partial charge on any atom is 0.160 e. The van der Waals surface area contributed by atoms with Crippen LogP contribution < -0.4 is 0 Å². The van der Waals surface area contributed by atoms with Crippen LogP contribution in [0.3, 0.4) is 0 Å². The number of aromatic nitrogens is 3. The molecule has 0 saturated carbocycles. The third kappa shape index (κ3) is 5.12. The molecule has 4 aromatic heterocycles. The average Bonchev–Trinajstić information content (AvgIpc) is 3.83. The highest BCUT2D eigenvalue weighted by Gasteiger charge is 2.18. The Labute approximate surface area is 319 Å². The molecule has 0 unspecified atom stereocenters. The molecule has 3 nitrogen and oxygen atoms in total. The SMILES string of the molecule is c1ccc(-c2cc(-c3ccc(-c4cccc5c4sc4ccccc45)cc3)nc(-c3ccc4c(c3)nc(-c3ccccc3)c3c5ccccc5sc43)n2)cc1. The molecule has 0 bridgehead atoms. The summed E-state index contributed by atoms with van der Waals surface area (Å²) in [6.45, 7) is 0. The normalized spacial score (nSPS) is 11.7. The van der Waals surface area contributed by atoms with Crippen LogP contribution in [-0.4, -0.2) is 15.0 Å². The Morgan fingerprint density at radius 1 is 0.352 bits per heavy atom. The van der Waals surface area contributed by atoms with Gasteiger partial charge in [0.1, 0.15) is 0 Å². The van der Waals surface area contributed by atoms with Crippen molar-refractivity contribution < 1.29 is 0 Å². The number of rotatable bonds is 5. The van der Waals surface area contributed by atoms with Crippen LogP contribution in [0.1, 0.15) is 0 Å². The van der Waals surface area contributed by atoms with Crippen LogP contribution in [0.15, 0.2) is 176 Å². The van der Waals surface area contributed by atoms with Gasteiger partial charge in [-0.05, 0) is 35.4 Å². The molecule has 5 heteroatoms. The Hall–Kier alpha value is -6.53. The van der Waals surface area contributed by atoms with Crippen LogP contribution in [0.4, 0.5) is 0 Å². The van der Waals surface area contributed by atoms with Crippen molar-refractivity contribution in [2.75, 3.05) is 0 Å². The predicted octanol–water partition coefficient (Wildman–Crippen LogP) is 14.1. The maximum absolute atomic E-state index is 5.37. The lowest BCUT2D eigenvalue weighted by atomic mass is 10.00. The lowest BCUT2D eigenvalue weighted by molar-refractivity contribution is 1.18. The highest BCUT2D eigenvalue weighted by molar-refractivity contribution is 7.27. The Bertz CT molecular complexity index is 3200. The Kier molecular flexibility index (Phi) is 7.22. The number of pyridine rings is 1. The second-order valence-corrected chi connectivity index (χ2v) is 15.7. The van der Waals surface area contributed by atoms with Gasteiger partial charge in [-0.3, -0.25) is 0 Å². The van der Waals surface area contributed by atoms with Gasteiger partial charge >= 0.3 is 0 Å². The fourth-order valence-corrected chi connectivity index (χ4v) is 10.2. The quantitative estimate of drug-likeness (QED) is 0.177. The van der Waals surface area contributed by atoms with Crippen molar-refractivity contribution in [3.8, 4) is 56.3 Å². The van der Waals surface area contributed by atoms with Crippen molar-refractivity contribution >= 4 is 73.9 Å². The molecule has 4 heterocycles. The minimum absolute atomic E-state index is 0.673. The van der Waals surface area contributed by atoms with Crippen LogP contribution >= 0.6 is 22.7 Å². The zero-order valence-electron chi connectivity index (χ0n) is 28.9. The molecule has 54 heavy (non-hydrogen) atoms. The molecule has 0 radical (unpaired) electrons. The summed E-state index contributed by atoms with van der Waals surface area (Å²) in [6.07, 6.45) is 0. The van der Waals surface area contributed by atoms with Crippen molar-refractivity contribution in [2.45, 2.75) is 0 Å². The summed E-state index contributed by atoms with van der Waals surface area (Å²) in [6, 6.07) is 62.3. The highest BCUT2D eigenvalue weighted by Crippen LogP contribution is 2.44. The highest BCUT2D eigenvalue weighted by atomic mass is 32.1. The molecule has 0 N–H and O–H groups in total. The van der Waals surface area contributed by atoms with Crippen molar-refractivity contribution in [1.29, 1.82) is 0 Å². The van der Waals surface area contributed by atoms with E-state index in [0.29, 0.717) is 5.82 Å². The third-order valence-corrected chi connectivity index (χ3v) is 12.7. The van der Waals surface area contributed by atoms with Gasteiger partial charge in [-0.1, -0.05) is 152 Å². The fourth-order valence-electron chi connectivity index (χ4n) is 7.68. The van der Waals surface area contributed by atoms with Crippen molar-refractivity contribution in [1.82, 2.24) is 15.0 Å². The Morgan fingerprint density at radius 3 is 1.69 bits per heavy atom. The van der Waals surface area contributed by atoms with Crippen molar-refractivity contribution in [2.24, 2.45) is 0 Å². The molecule has 11 aromatic rings. The first-order valence-electron chi connectivity index (χ1n) is 18.0. The Balaban J connectivity index is 1.06. The van der Waals surface area contributed by atoms with Crippen molar-refractivity contribution in [3.63, 3.8) is 0 Å². The molecule has 252 valence electrons. The van der Waals surface area contributed by atoms with E-state index in [1.165, 1.54) is 51.5 Å². The van der Waals surface area contributed by atoms with E-state index in [0.717, 1.165) is 50.2 Å². The molecule has 0 spiro atoms. The number of hydrogen-bond donors (Lipinski definition) is 0. The van der Waals surface area contributed by atoms with Gasteiger partial charge in [-0.15, -0.1) is 22.7 Å². The molecule has 0 aliphatic heterocycles. The molecular formula is C49H29N3S2. The predicted molar refractivity (Wildman–Crippen MR) is 230 cm³/mol. The minimum Gasteiger partial charge on any atom is -0.247 e. The molecule has 0 aliphatic rings. The van der Waals surface area contributed by atoms with E-state index in [9.17, 15) is 0 Å². The number of hydrogen-bond acceptors (Lipinski definition) is 5. The van der Waals surface area contributed by atoms with Gasteiger partial charge < -0.3 is 0 Å². The van der Waals surface area contributed by atoms with Gasteiger partial charge in [0.05, 0.1) is 22.6 Å². The molecule has 0 amide bonds. The summed E-state index contributed by atoms with van der Waals surface area (Å²) in [5.41, 5.74) is 10.3. The van der Waals surface area contributed by atoms with Gasteiger partial charge in [0, 0.05) is 68.0 Å². The number of thiophene rings is 2. The van der Waals surface area contributed by atoms with Crippen molar-refractivity contribution in [3.05, 3.63) is 176 Å². The summed E-state index contributed by atoms with van der Waals surface area (Å²) in [5, 5.41) is 6.20.